The highest BCUT2D eigenvalue weighted by Crippen LogP contribution is 2.30. The average Bonchev–Trinajstić information content (AvgIpc) is 2.37. The first-order valence-corrected chi connectivity index (χ1v) is 6.89. The van der Waals surface area contributed by atoms with Crippen molar-refractivity contribution in [3.8, 4) is 0 Å². The molecule has 0 amide bonds. The van der Waals surface area contributed by atoms with E-state index in [0.29, 0.717) is 0 Å². The topological polar surface area (TPSA) is 20.3 Å². The maximum atomic E-state index is 11.7. The number of Topliss-reactive ketones (excluding diaryl/α,β-unsaturated/α-hetero) is 1. The zero-order valence-electron chi connectivity index (χ0n) is 11.3. The van der Waals surface area contributed by atoms with Crippen LogP contribution in [0.5, 0.6) is 0 Å². The first kappa shape index (κ1) is 13.8. The average molecular weight is 318 g/mol. The Kier molecular flexibility index (Phi) is 4.05. The molecule has 2 aromatic carbocycles. The van der Waals surface area contributed by atoms with E-state index in [1.54, 1.807) is 6.92 Å². The molecule has 0 radical (unpaired) electrons. The maximum absolute atomic E-state index is 11.7. The minimum absolute atomic E-state index is 0.0713. The number of ketones is 1. The third-order valence-electron chi connectivity index (χ3n) is 3.09. The Bertz CT molecular complexity index is 622. The molecule has 0 aliphatic heterocycles. The number of anilines is 2. The van der Waals surface area contributed by atoms with E-state index in [1.165, 1.54) is 5.56 Å². The maximum Gasteiger partial charge on any atom is 0.161 e. The molecule has 0 saturated carbocycles. The van der Waals surface area contributed by atoms with Crippen molar-refractivity contribution in [2.45, 2.75) is 13.8 Å². The number of carbonyl (C=O) groups is 1. The van der Waals surface area contributed by atoms with Crippen LogP contribution in [-0.4, -0.2) is 12.8 Å². The summed E-state index contributed by atoms with van der Waals surface area (Å²) in [4.78, 5) is 13.8. The molecule has 0 N–H and O–H groups in total. The number of aryl methyl sites for hydroxylation is 1. The largest absolute Gasteiger partial charge is 0.344 e. The zero-order chi connectivity index (χ0) is 14.0. The van der Waals surface area contributed by atoms with Gasteiger partial charge in [-0.25, -0.2) is 0 Å². The van der Waals surface area contributed by atoms with Crippen molar-refractivity contribution in [1.82, 2.24) is 0 Å². The number of hydrogen-bond acceptors (Lipinski definition) is 2. The molecule has 0 bridgehead atoms. The fourth-order valence-corrected chi connectivity index (χ4v) is 2.40. The van der Waals surface area contributed by atoms with Crippen molar-refractivity contribution < 1.29 is 4.79 Å². The molecule has 2 nitrogen and oxygen atoms in total. The number of carbonyl (C=O) groups excluding carboxylic acids is 1. The van der Waals surface area contributed by atoms with Crippen LogP contribution in [0.1, 0.15) is 22.8 Å². The lowest BCUT2D eigenvalue weighted by Gasteiger charge is -2.22. The molecule has 0 spiro atoms. The van der Waals surface area contributed by atoms with E-state index in [9.17, 15) is 4.79 Å². The van der Waals surface area contributed by atoms with Gasteiger partial charge in [0.1, 0.15) is 0 Å². The van der Waals surface area contributed by atoms with E-state index in [-0.39, 0.29) is 5.78 Å². The van der Waals surface area contributed by atoms with Crippen molar-refractivity contribution in [2.75, 3.05) is 11.9 Å². The molecule has 0 aliphatic carbocycles. The number of halogens is 1. The van der Waals surface area contributed by atoms with Crippen molar-refractivity contribution in [3.63, 3.8) is 0 Å². The number of benzene rings is 2. The van der Waals surface area contributed by atoms with Gasteiger partial charge in [-0.3, -0.25) is 4.79 Å². The summed E-state index contributed by atoms with van der Waals surface area (Å²) in [6, 6.07) is 13.9. The van der Waals surface area contributed by atoms with Crippen LogP contribution in [-0.2, 0) is 0 Å². The Morgan fingerprint density at radius 1 is 1.16 bits per heavy atom. The molecule has 0 unspecified atom stereocenters. The predicted molar refractivity (Wildman–Crippen MR) is 83.4 cm³/mol. The molecular weight excluding hydrogens is 302 g/mol. The molecule has 2 aromatic rings. The second kappa shape index (κ2) is 5.57. The Labute approximate surface area is 122 Å². The van der Waals surface area contributed by atoms with E-state index >= 15 is 0 Å². The van der Waals surface area contributed by atoms with E-state index < -0.39 is 0 Å². The van der Waals surface area contributed by atoms with Crippen LogP contribution in [0.2, 0.25) is 0 Å². The summed E-state index contributed by atoms with van der Waals surface area (Å²) in [6.07, 6.45) is 0. The van der Waals surface area contributed by atoms with Crippen molar-refractivity contribution in [3.05, 3.63) is 58.1 Å². The highest BCUT2D eigenvalue weighted by atomic mass is 79.9. The SMILES string of the molecule is CC(=O)c1ccc(Br)cc1N(C)c1cccc(C)c1. The van der Waals surface area contributed by atoms with E-state index in [2.05, 4.69) is 35.0 Å². The lowest BCUT2D eigenvalue weighted by atomic mass is 10.1. The van der Waals surface area contributed by atoms with Gasteiger partial charge < -0.3 is 4.90 Å². The lowest BCUT2D eigenvalue weighted by molar-refractivity contribution is 0.101. The van der Waals surface area contributed by atoms with Gasteiger partial charge in [-0.05, 0) is 49.7 Å². The Balaban J connectivity index is 2.51. The van der Waals surface area contributed by atoms with Gasteiger partial charge >= 0.3 is 0 Å². The van der Waals surface area contributed by atoms with Gasteiger partial charge in [0.25, 0.3) is 0 Å². The van der Waals surface area contributed by atoms with Crippen LogP contribution in [0.4, 0.5) is 11.4 Å². The Morgan fingerprint density at radius 2 is 1.89 bits per heavy atom. The fraction of sp³-hybridized carbons (Fsp3) is 0.188. The molecular formula is C16H16BrNO. The molecule has 0 atom stereocenters. The van der Waals surface area contributed by atoms with Crippen LogP contribution < -0.4 is 4.90 Å². The van der Waals surface area contributed by atoms with Gasteiger partial charge in [0, 0.05) is 22.8 Å². The summed E-state index contributed by atoms with van der Waals surface area (Å²) in [5, 5.41) is 0. The van der Waals surface area contributed by atoms with E-state index in [1.807, 2.05) is 42.3 Å². The van der Waals surface area contributed by atoms with Crippen molar-refractivity contribution >= 4 is 33.1 Å². The molecule has 2 rings (SSSR count). The van der Waals surface area contributed by atoms with Gasteiger partial charge in [-0.15, -0.1) is 0 Å². The van der Waals surface area contributed by atoms with Crippen LogP contribution in [0.15, 0.2) is 46.9 Å². The van der Waals surface area contributed by atoms with Gasteiger partial charge in [-0.2, -0.15) is 0 Å². The summed E-state index contributed by atoms with van der Waals surface area (Å²) >= 11 is 3.46. The highest BCUT2D eigenvalue weighted by molar-refractivity contribution is 9.10. The lowest BCUT2D eigenvalue weighted by Crippen LogP contribution is -2.13. The number of hydrogen-bond donors (Lipinski definition) is 0. The van der Waals surface area contributed by atoms with Crippen molar-refractivity contribution in [1.29, 1.82) is 0 Å². The normalized spacial score (nSPS) is 10.3. The molecule has 3 heteroatoms. The summed E-state index contributed by atoms with van der Waals surface area (Å²) in [5.74, 6) is 0.0713. The van der Waals surface area contributed by atoms with Crippen molar-refractivity contribution in [2.24, 2.45) is 0 Å². The van der Waals surface area contributed by atoms with Crippen LogP contribution in [0.25, 0.3) is 0 Å². The van der Waals surface area contributed by atoms with E-state index in [4.69, 9.17) is 0 Å². The highest BCUT2D eigenvalue weighted by Gasteiger charge is 2.13. The summed E-state index contributed by atoms with van der Waals surface area (Å²) < 4.78 is 0.965. The molecule has 0 aliphatic rings. The zero-order valence-corrected chi connectivity index (χ0v) is 12.9. The second-order valence-electron chi connectivity index (χ2n) is 4.62. The first-order chi connectivity index (χ1) is 8.99. The first-order valence-electron chi connectivity index (χ1n) is 6.10. The van der Waals surface area contributed by atoms with Gasteiger partial charge in [0.2, 0.25) is 0 Å². The molecule has 0 fully saturated rings. The molecule has 0 heterocycles. The summed E-state index contributed by atoms with van der Waals surface area (Å²) in [5.41, 5.74) is 3.91. The molecule has 0 saturated heterocycles. The second-order valence-corrected chi connectivity index (χ2v) is 5.53. The molecule has 0 aromatic heterocycles. The summed E-state index contributed by atoms with van der Waals surface area (Å²) in [7, 11) is 1.98. The third-order valence-corrected chi connectivity index (χ3v) is 3.58. The fourth-order valence-electron chi connectivity index (χ4n) is 2.06. The third kappa shape index (κ3) is 3.04. The molecule has 98 valence electrons. The monoisotopic (exact) mass is 317 g/mol. The predicted octanol–water partition coefficient (Wildman–Crippen LogP) is 4.73. The summed E-state index contributed by atoms with van der Waals surface area (Å²) in [6.45, 7) is 3.65. The minimum Gasteiger partial charge on any atom is -0.344 e. The van der Waals surface area contributed by atoms with E-state index in [0.717, 1.165) is 21.4 Å². The standard InChI is InChI=1S/C16H16BrNO/c1-11-5-4-6-14(9-11)18(3)16-10-13(17)7-8-15(16)12(2)19/h4-10H,1-3H3. The minimum atomic E-state index is 0.0713. The number of rotatable bonds is 3. The van der Waals surface area contributed by atoms with Gasteiger partial charge in [-0.1, -0.05) is 28.1 Å². The van der Waals surface area contributed by atoms with Gasteiger partial charge in [0.05, 0.1) is 5.69 Å². The smallest absolute Gasteiger partial charge is 0.161 e. The molecule has 19 heavy (non-hydrogen) atoms. The van der Waals surface area contributed by atoms with Crippen LogP contribution >= 0.6 is 15.9 Å². The van der Waals surface area contributed by atoms with Gasteiger partial charge in [0.15, 0.2) is 5.78 Å². The number of nitrogens with zero attached hydrogens (tertiary/aromatic N) is 1. The van der Waals surface area contributed by atoms with Crippen LogP contribution in [0.3, 0.4) is 0 Å². The Hall–Kier alpha value is -1.61. The Morgan fingerprint density at radius 3 is 2.53 bits per heavy atom. The quantitative estimate of drug-likeness (QED) is 0.763. The van der Waals surface area contributed by atoms with Crippen LogP contribution in [0, 0.1) is 6.92 Å².